The number of amides is 1. The maximum Gasteiger partial charge on any atom is 0.226 e. The van der Waals surface area contributed by atoms with Crippen molar-refractivity contribution >= 4 is 5.91 Å². The molecule has 0 radical (unpaired) electrons. The fourth-order valence-corrected chi connectivity index (χ4v) is 4.41. The standard InChI is InChI=1S/C15H25N3O/c19-15(14-12-3-1-2-4-13(12)14)18-7-5-17(6-8-18)11-9-16-10-11/h11-14,16H,1-10H2. The summed E-state index contributed by atoms with van der Waals surface area (Å²) in [5.41, 5.74) is 0. The molecule has 0 aromatic rings. The van der Waals surface area contributed by atoms with Gasteiger partial charge in [0.2, 0.25) is 5.91 Å². The molecule has 2 saturated heterocycles. The lowest BCUT2D eigenvalue weighted by molar-refractivity contribution is -0.135. The Morgan fingerprint density at radius 1 is 0.947 bits per heavy atom. The molecule has 2 aliphatic carbocycles. The molecule has 4 rings (SSSR count). The maximum atomic E-state index is 12.6. The lowest BCUT2D eigenvalue weighted by atomic mass is 10.0. The van der Waals surface area contributed by atoms with Gasteiger partial charge in [0, 0.05) is 51.2 Å². The Hall–Kier alpha value is -0.610. The minimum absolute atomic E-state index is 0.416. The molecule has 2 unspecified atom stereocenters. The molecule has 1 N–H and O–H groups in total. The van der Waals surface area contributed by atoms with Crippen molar-refractivity contribution < 1.29 is 4.79 Å². The van der Waals surface area contributed by atoms with Gasteiger partial charge in [-0.1, -0.05) is 12.8 Å². The van der Waals surface area contributed by atoms with Crippen LogP contribution in [0.1, 0.15) is 25.7 Å². The van der Waals surface area contributed by atoms with E-state index >= 15 is 0 Å². The molecule has 4 heteroatoms. The van der Waals surface area contributed by atoms with E-state index in [9.17, 15) is 4.79 Å². The van der Waals surface area contributed by atoms with Gasteiger partial charge in [0.25, 0.3) is 0 Å². The molecule has 0 aromatic heterocycles. The zero-order valence-corrected chi connectivity index (χ0v) is 11.7. The lowest BCUT2D eigenvalue weighted by Crippen LogP contribution is -2.62. The van der Waals surface area contributed by atoms with Crippen LogP contribution in [0.2, 0.25) is 0 Å². The summed E-state index contributed by atoms with van der Waals surface area (Å²) in [6, 6.07) is 0.737. The Morgan fingerprint density at radius 3 is 2.11 bits per heavy atom. The molecule has 4 nitrogen and oxygen atoms in total. The summed E-state index contributed by atoms with van der Waals surface area (Å²) in [6.45, 7) is 6.37. The molecule has 0 spiro atoms. The molecule has 0 aromatic carbocycles. The summed E-state index contributed by atoms with van der Waals surface area (Å²) in [4.78, 5) is 17.3. The number of carbonyl (C=O) groups is 1. The molecule has 2 heterocycles. The number of hydrogen-bond acceptors (Lipinski definition) is 3. The first-order chi connectivity index (χ1) is 9.34. The Morgan fingerprint density at radius 2 is 1.58 bits per heavy atom. The second-order valence-electron chi connectivity index (χ2n) is 6.81. The van der Waals surface area contributed by atoms with E-state index in [1.807, 2.05) is 0 Å². The van der Waals surface area contributed by atoms with E-state index in [1.165, 1.54) is 25.7 Å². The van der Waals surface area contributed by atoms with Crippen LogP contribution >= 0.6 is 0 Å². The molecule has 106 valence electrons. The van der Waals surface area contributed by atoms with Crippen molar-refractivity contribution in [3.63, 3.8) is 0 Å². The van der Waals surface area contributed by atoms with Crippen LogP contribution in [-0.2, 0) is 4.79 Å². The van der Waals surface area contributed by atoms with Gasteiger partial charge >= 0.3 is 0 Å². The molecule has 4 aliphatic rings. The van der Waals surface area contributed by atoms with E-state index in [0.717, 1.165) is 57.1 Å². The number of fused-ring (bicyclic) bond motifs is 1. The van der Waals surface area contributed by atoms with Crippen LogP contribution in [0.15, 0.2) is 0 Å². The summed E-state index contributed by atoms with van der Waals surface area (Å²) in [5.74, 6) is 2.42. The molecule has 2 atom stereocenters. The van der Waals surface area contributed by atoms with Crippen molar-refractivity contribution in [2.45, 2.75) is 31.7 Å². The highest BCUT2D eigenvalue weighted by atomic mass is 16.2. The van der Waals surface area contributed by atoms with Gasteiger partial charge in [0.1, 0.15) is 0 Å². The first-order valence-corrected chi connectivity index (χ1v) is 8.08. The number of nitrogens with zero attached hydrogens (tertiary/aromatic N) is 2. The van der Waals surface area contributed by atoms with Crippen molar-refractivity contribution in [2.75, 3.05) is 39.3 Å². The number of carbonyl (C=O) groups excluding carboxylic acids is 1. The second-order valence-corrected chi connectivity index (χ2v) is 6.81. The summed E-state index contributed by atoms with van der Waals surface area (Å²) >= 11 is 0. The molecular formula is C15H25N3O. The Kier molecular flexibility index (Phi) is 3.03. The van der Waals surface area contributed by atoms with Crippen molar-refractivity contribution in [3.8, 4) is 0 Å². The average molecular weight is 263 g/mol. The molecular weight excluding hydrogens is 238 g/mol. The third-order valence-corrected chi connectivity index (χ3v) is 5.84. The number of piperazine rings is 1. The monoisotopic (exact) mass is 263 g/mol. The van der Waals surface area contributed by atoms with Crippen LogP contribution in [0.25, 0.3) is 0 Å². The highest BCUT2D eigenvalue weighted by Gasteiger charge is 2.55. The largest absolute Gasteiger partial charge is 0.340 e. The van der Waals surface area contributed by atoms with Crippen molar-refractivity contribution in [1.29, 1.82) is 0 Å². The minimum Gasteiger partial charge on any atom is -0.340 e. The highest BCUT2D eigenvalue weighted by Crippen LogP contribution is 2.56. The smallest absolute Gasteiger partial charge is 0.226 e. The molecule has 1 amide bonds. The first kappa shape index (κ1) is 12.2. The predicted molar refractivity (Wildman–Crippen MR) is 73.7 cm³/mol. The van der Waals surface area contributed by atoms with Gasteiger partial charge in [-0.3, -0.25) is 9.69 Å². The summed E-state index contributed by atoms with van der Waals surface area (Å²) in [7, 11) is 0. The Labute approximate surface area is 115 Å². The van der Waals surface area contributed by atoms with E-state index < -0.39 is 0 Å². The molecule has 0 bridgehead atoms. The van der Waals surface area contributed by atoms with E-state index in [4.69, 9.17) is 0 Å². The third-order valence-electron chi connectivity index (χ3n) is 5.84. The molecule has 2 saturated carbocycles. The highest BCUT2D eigenvalue weighted by molar-refractivity contribution is 5.82. The average Bonchev–Trinajstić information content (AvgIpc) is 3.11. The lowest BCUT2D eigenvalue weighted by Gasteiger charge is -2.43. The Bertz CT molecular complexity index is 348. The number of rotatable bonds is 2. The van der Waals surface area contributed by atoms with Gasteiger partial charge in [0.15, 0.2) is 0 Å². The van der Waals surface area contributed by atoms with Crippen LogP contribution in [0.5, 0.6) is 0 Å². The van der Waals surface area contributed by atoms with Gasteiger partial charge in [-0.2, -0.15) is 0 Å². The van der Waals surface area contributed by atoms with E-state index in [2.05, 4.69) is 15.1 Å². The zero-order valence-electron chi connectivity index (χ0n) is 11.7. The first-order valence-electron chi connectivity index (χ1n) is 8.08. The van der Waals surface area contributed by atoms with Gasteiger partial charge in [0.05, 0.1) is 0 Å². The van der Waals surface area contributed by atoms with Gasteiger partial charge < -0.3 is 10.2 Å². The third kappa shape index (κ3) is 2.09. The van der Waals surface area contributed by atoms with E-state index in [0.29, 0.717) is 11.8 Å². The normalized spacial score (nSPS) is 39.6. The zero-order chi connectivity index (χ0) is 12.8. The minimum atomic E-state index is 0.416. The van der Waals surface area contributed by atoms with E-state index in [1.54, 1.807) is 0 Å². The van der Waals surface area contributed by atoms with Crippen molar-refractivity contribution in [3.05, 3.63) is 0 Å². The summed E-state index contributed by atoms with van der Waals surface area (Å²) in [6.07, 6.45) is 5.34. The van der Waals surface area contributed by atoms with Gasteiger partial charge in [-0.15, -0.1) is 0 Å². The van der Waals surface area contributed by atoms with Crippen LogP contribution in [0.3, 0.4) is 0 Å². The topological polar surface area (TPSA) is 35.6 Å². The van der Waals surface area contributed by atoms with Crippen LogP contribution < -0.4 is 5.32 Å². The van der Waals surface area contributed by atoms with Crippen LogP contribution in [0, 0.1) is 17.8 Å². The SMILES string of the molecule is O=C(C1C2CCCCC21)N1CCN(C2CNC2)CC1. The van der Waals surface area contributed by atoms with Gasteiger partial charge in [-0.25, -0.2) is 0 Å². The fourth-order valence-electron chi connectivity index (χ4n) is 4.41. The number of hydrogen-bond donors (Lipinski definition) is 1. The fraction of sp³-hybridized carbons (Fsp3) is 0.933. The van der Waals surface area contributed by atoms with Crippen molar-refractivity contribution in [1.82, 2.24) is 15.1 Å². The van der Waals surface area contributed by atoms with Crippen LogP contribution in [0.4, 0.5) is 0 Å². The number of nitrogens with one attached hydrogen (secondary N) is 1. The maximum absolute atomic E-state index is 12.6. The summed E-state index contributed by atoms with van der Waals surface area (Å²) < 4.78 is 0. The quantitative estimate of drug-likeness (QED) is 0.790. The van der Waals surface area contributed by atoms with E-state index in [-0.39, 0.29) is 0 Å². The molecule has 4 fully saturated rings. The Balaban J connectivity index is 1.30. The molecule has 19 heavy (non-hydrogen) atoms. The van der Waals surface area contributed by atoms with Crippen molar-refractivity contribution in [2.24, 2.45) is 17.8 Å². The summed E-state index contributed by atoms with van der Waals surface area (Å²) in [5, 5.41) is 3.33. The second kappa shape index (κ2) is 4.74. The molecule has 2 aliphatic heterocycles. The van der Waals surface area contributed by atoms with Gasteiger partial charge in [-0.05, 0) is 24.7 Å². The predicted octanol–water partition coefficient (Wildman–Crippen LogP) is 0.539. The van der Waals surface area contributed by atoms with Crippen LogP contribution in [-0.4, -0.2) is 61.0 Å².